The van der Waals surface area contributed by atoms with Crippen LogP contribution < -0.4 is 4.74 Å². The van der Waals surface area contributed by atoms with Crippen molar-refractivity contribution in [2.75, 3.05) is 6.26 Å². The summed E-state index contributed by atoms with van der Waals surface area (Å²) in [5.41, 5.74) is 1.02. The molecule has 0 aliphatic carbocycles. The summed E-state index contributed by atoms with van der Waals surface area (Å²) >= 11 is 1.47. The lowest BCUT2D eigenvalue weighted by Gasteiger charge is -2.04. The van der Waals surface area contributed by atoms with E-state index in [2.05, 4.69) is 10.2 Å². The number of sulfone groups is 1. The topological polar surface area (TPSA) is 69.2 Å². The standard InChI is InChI=1S/C16H14N2O3S2/c1-23(19,20)14-9-7-13(8-10-14)21-11-15-17-18-16(22-15)12-5-3-2-4-6-12/h2-10H,11H2,1H3. The molecule has 2 aromatic carbocycles. The lowest BCUT2D eigenvalue weighted by molar-refractivity contribution is 0.304. The average molecular weight is 346 g/mol. The molecular formula is C16H14N2O3S2. The van der Waals surface area contributed by atoms with Gasteiger partial charge >= 0.3 is 0 Å². The highest BCUT2D eigenvalue weighted by atomic mass is 32.2. The second-order valence-electron chi connectivity index (χ2n) is 4.90. The first-order valence-corrected chi connectivity index (χ1v) is 9.54. The molecule has 1 aromatic heterocycles. The fourth-order valence-corrected chi connectivity index (χ4v) is 3.33. The van der Waals surface area contributed by atoms with Crippen LogP contribution in [0.3, 0.4) is 0 Å². The molecule has 3 rings (SSSR count). The summed E-state index contributed by atoms with van der Waals surface area (Å²) < 4.78 is 28.4. The molecule has 0 saturated carbocycles. The third-order valence-corrected chi connectivity index (χ3v) is 5.18. The van der Waals surface area contributed by atoms with Crippen molar-refractivity contribution in [2.45, 2.75) is 11.5 Å². The number of ether oxygens (including phenoxy) is 1. The molecule has 3 aromatic rings. The molecule has 0 radical (unpaired) electrons. The molecule has 118 valence electrons. The Kier molecular flexibility index (Phi) is 4.40. The van der Waals surface area contributed by atoms with Crippen LogP contribution in [0.2, 0.25) is 0 Å². The van der Waals surface area contributed by atoms with Crippen LogP contribution in [0.15, 0.2) is 59.5 Å². The number of aromatic nitrogens is 2. The van der Waals surface area contributed by atoms with E-state index in [4.69, 9.17) is 4.74 Å². The van der Waals surface area contributed by atoms with Crippen LogP contribution in [-0.4, -0.2) is 24.9 Å². The van der Waals surface area contributed by atoms with Crippen LogP contribution >= 0.6 is 11.3 Å². The van der Waals surface area contributed by atoms with E-state index in [0.29, 0.717) is 12.4 Å². The first kappa shape index (κ1) is 15.6. The molecule has 7 heteroatoms. The predicted molar refractivity (Wildman–Crippen MR) is 89.2 cm³/mol. The Bertz CT molecular complexity index is 889. The smallest absolute Gasteiger partial charge is 0.175 e. The number of nitrogens with zero attached hydrogens (tertiary/aromatic N) is 2. The van der Waals surface area contributed by atoms with Crippen LogP contribution in [0.4, 0.5) is 0 Å². The minimum absolute atomic E-state index is 0.270. The Labute approximate surface area is 138 Å². The molecule has 5 nitrogen and oxygen atoms in total. The molecule has 0 amide bonds. The molecule has 23 heavy (non-hydrogen) atoms. The van der Waals surface area contributed by atoms with Crippen LogP contribution in [0.5, 0.6) is 5.75 Å². The normalized spacial score (nSPS) is 11.3. The Morgan fingerprint density at radius 1 is 1.00 bits per heavy atom. The van der Waals surface area contributed by atoms with E-state index < -0.39 is 9.84 Å². The van der Waals surface area contributed by atoms with E-state index >= 15 is 0 Å². The highest BCUT2D eigenvalue weighted by molar-refractivity contribution is 7.90. The second kappa shape index (κ2) is 6.47. The van der Waals surface area contributed by atoms with Gasteiger partial charge in [-0.2, -0.15) is 0 Å². The van der Waals surface area contributed by atoms with Crippen LogP contribution in [0.25, 0.3) is 10.6 Å². The van der Waals surface area contributed by atoms with Gasteiger partial charge < -0.3 is 4.74 Å². The van der Waals surface area contributed by atoms with E-state index in [1.165, 1.54) is 29.7 Å². The lowest BCUT2D eigenvalue weighted by Crippen LogP contribution is -1.98. The Morgan fingerprint density at radius 2 is 1.70 bits per heavy atom. The summed E-state index contributed by atoms with van der Waals surface area (Å²) in [4.78, 5) is 0.270. The van der Waals surface area contributed by atoms with Gasteiger partial charge in [-0.25, -0.2) is 8.42 Å². The van der Waals surface area contributed by atoms with Crippen LogP contribution in [0.1, 0.15) is 5.01 Å². The first-order chi connectivity index (χ1) is 11.0. The van der Waals surface area contributed by atoms with E-state index in [9.17, 15) is 8.42 Å². The van der Waals surface area contributed by atoms with Gasteiger partial charge in [-0.3, -0.25) is 0 Å². The molecule has 0 unspecified atom stereocenters. The maximum atomic E-state index is 11.4. The first-order valence-electron chi connectivity index (χ1n) is 6.83. The van der Waals surface area contributed by atoms with E-state index in [0.717, 1.165) is 15.6 Å². The van der Waals surface area contributed by atoms with E-state index in [1.807, 2.05) is 30.3 Å². The summed E-state index contributed by atoms with van der Waals surface area (Å²) in [6, 6.07) is 16.1. The van der Waals surface area contributed by atoms with Crippen molar-refractivity contribution in [3.05, 3.63) is 59.6 Å². The molecule has 0 aliphatic heterocycles. The average Bonchev–Trinajstić information content (AvgIpc) is 3.02. The highest BCUT2D eigenvalue weighted by Gasteiger charge is 2.09. The minimum Gasteiger partial charge on any atom is -0.486 e. The van der Waals surface area contributed by atoms with Gasteiger partial charge in [0.25, 0.3) is 0 Å². The molecule has 0 atom stereocenters. The zero-order valence-corrected chi connectivity index (χ0v) is 14.0. The summed E-state index contributed by atoms with van der Waals surface area (Å²) in [6.45, 7) is 0.294. The zero-order valence-electron chi connectivity index (χ0n) is 12.3. The van der Waals surface area contributed by atoms with Gasteiger partial charge in [-0.05, 0) is 24.3 Å². The Hall–Kier alpha value is -2.25. The van der Waals surface area contributed by atoms with Crippen molar-refractivity contribution in [3.8, 4) is 16.3 Å². The van der Waals surface area contributed by atoms with Gasteiger partial charge in [0.1, 0.15) is 17.4 Å². The maximum absolute atomic E-state index is 11.4. The van der Waals surface area contributed by atoms with E-state index in [1.54, 1.807) is 12.1 Å². The number of rotatable bonds is 5. The minimum atomic E-state index is -3.19. The van der Waals surface area contributed by atoms with E-state index in [-0.39, 0.29) is 4.90 Å². The molecule has 0 saturated heterocycles. The van der Waals surface area contributed by atoms with Gasteiger partial charge in [0.15, 0.2) is 14.8 Å². The Balaban J connectivity index is 1.66. The summed E-state index contributed by atoms with van der Waals surface area (Å²) in [5.74, 6) is 0.592. The van der Waals surface area contributed by atoms with Crippen molar-refractivity contribution < 1.29 is 13.2 Å². The number of hydrogen-bond acceptors (Lipinski definition) is 6. The van der Waals surface area contributed by atoms with Crippen molar-refractivity contribution in [1.82, 2.24) is 10.2 Å². The molecule has 1 heterocycles. The molecule has 0 fully saturated rings. The Morgan fingerprint density at radius 3 is 2.35 bits per heavy atom. The molecule has 0 bridgehead atoms. The van der Waals surface area contributed by atoms with Crippen LogP contribution in [-0.2, 0) is 16.4 Å². The second-order valence-corrected chi connectivity index (χ2v) is 7.98. The summed E-state index contributed by atoms with van der Waals surface area (Å²) in [6.07, 6.45) is 1.18. The van der Waals surface area contributed by atoms with Gasteiger partial charge in [0, 0.05) is 11.8 Å². The maximum Gasteiger partial charge on any atom is 0.175 e. The molecular weight excluding hydrogens is 332 g/mol. The predicted octanol–water partition coefficient (Wildman–Crippen LogP) is 3.19. The highest BCUT2D eigenvalue weighted by Crippen LogP contribution is 2.24. The number of benzene rings is 2. The third kappa shape index (κ3) is 3.94. The fraction of sp³-hybridized carbons (Fsp3) is 0.125. The monoisotopic (exact) mass is 346 g/mol. The van der Waals surface area contributed by atoms with Crippen molar-refractivity contribution in [3.63, 3.8) is 0 Å². The summed E-state index contributed by atoms with van der Waals surface area (Å²) in [5, 5.41) is 9.87. The molecule has 0 N–H and O–H groups in total. The zero-order chi connectivity index (χ0) is 16.3. The molecule has 0 spiro atoms. The SMILES string of the molecule is CS(=O)(=O)c1ccc(OCc2nnc(-c3ccccc3)s2)cc1. The molecule has 0 aliphatic rings. The van der Waals surface area contributed by atoms with Gasteiger partial charge in [-0.15, -0.1) is 10.2 Å². The fourth-order valence-electron chi connectivity index (χ4n) is 1.94. The van der Waals surface area contributed by atoms with Gasteiger partial charge in [0.2, 0.25) is 0 Å². The van der Waals surface area contributed by atoms with Crippen LogP contribution in [0, 0.1) is 0 Å². The van der Waals surface area contributed by atoms with Crippen molar-refractivity contribution in [1.29, 1.82) is 0 Å². The lowest BCUT2D eigenvalue weighted by atomic mass is 10.2. The van der Waals surface area contributed by atoms with Gasteiger partial charge in [-0.1, -0.05) is 41.7 Å². The largest absolute Gasteiger partial charge is 0.486 e. The summed E-state index contributed by atoms with van der Waals surface area (Å²) in [7, 11) is -3.19. The number of hydrogen-bond donors (Lipinski definition) is 0. The van der Waals surface area contributed by atoms with Crippen molar-refractivity contribution >= 4 is 21.2 Å². The quantitative estimate of drug-likeness (QED) is 0.710. The van der Waals surface area contributed by atoms with Gasteiger partial charge in [0.05, 0.1) is 4.90 Å². The van der Waals surface area contributed by atoms with Crippen molar-refractivity contribution in [2.24, 2.45) is 0 Å². The third-order valence-electron chi connectivity index (χ3n) is 3.10.